The molecule has 0 atom stereocenters. The normalized spacial score (nSPS) is 18.5. The van der Waals surface area contributed by atoms with Crippen LogP contribution in [0.15, 0.2) is 65.2 Å². The van der Waals surface area contributed by atoms with E-state index in [1.807, 2.05) is 68.9 Å². The predicted octanol–water partition coefficient (Wildman–Crippen LogP) is 7.21. The molecule has 0 fully saturated rings. The van der Waals surface area contributed by atoms with Gasteiger partial charge in [0.15, 0.2) is 11.8 Å². The second-order valence-corrected chi connectivity index (χ2v) is 9.18. The highest BCUT2D eigenvalue weighted by molar-refractivity contribution is 6.10. The SMILES string of the molecule is [2H]C(C)(C)c1cc[n+](C)c(-c2c(C)ccc3c2oc2nc4c(cc23)-c2ccccc2C4(C([2H])([2H])[2H])C([2H])([2H])[2H])c1. The number of hydrogen-bond acceptors (Lipinski definition) is 2. The van der Waals surface area contributed by atoms with E-state index in [2.05, 4.69) is 0 Å². The van der Waals surface area contributed by atoms with Crippen molar-refractivity contribution in [3.63, 3.8) is 0 Å². The second-order valence-electron chi connectivity index (χ2n) is 9.18. The fourth-order valence-corrected chi connectivity index (χ4v) is 4.97. The third-order valence-electron chi connectivity index (χ3n) is 6.80. The molecule has 0 unspecified atom stereocenters. The average molecular weight is 441 g/mol. The van der Waals surface area contributed by atoms with Crippen LogP contribution in [0.2, 0.25) is 0 Å². The van der Waals surface area contributed by atoms with Gasteiger partial charge in [-0.05, 0) is 41.1 Å². The molecule has 0 bridgehead atoms. The van der Waals surface area contributed by atoms with Gasteiger partial charge in [0.1, 0.15) is 7.05 Å². The molecule has 0 radical (unpaired) electrons. The van der Waals surface area contributed by atoms with E-state index in [1.54, 1.807) is 24.3 Å². The molecule has 1 aliphatic rings. The number of benzene rings is 2. The maximum atomic E-state index is 8.54. The van der Waals surface area contributed by atoms with Crippen molar-refractivity contribution >= 4 is 22.1 Å². The topological polar surface area (TPSA) is 29.9 Å². The highest BCUT2D eigenvalue weighted by atomic mass is 16.3. The largest absolute Gasteiger partial charge is 0.437 e. The van der Waals surface area contributed by atoms with Gasteiger partial charge in [-0.15, -0.1) is 0 Å². The van der Waals surface area contributed by atoms with Gasteiger partial charge < -0.3 is 4.42 Å². The molecule has 3 nitrogen and oxygen atoms in total. The van der Waals surface area contributed by atoms with Crippen LogP contribution in [-0.2, 0) is 12.5 Å². The maximum absolute atomic E-state index is 8.54. The van der Waals surface area contributed by atoms with Crippen LogP contribution in [-0.4, -0.2) is 4.98 Å². The summed E-state index contributed by atoms with van der Waals surface area (Å²) in [6, 6.07) is 16.5. The van der Waals surface area contributed by atoms with Crippen molar-refractivity contribution < 1.29 is 18.6 Å². The summed E-state index contributed by atoms with van der Waals surface area (Å²) in [4.78, 5) is 4.71. The number of hydrogen-bond donors (Lipinski definition) is 0. The molecular formula is C30H29N2O+. The summed E-state index contributed by atoms with van der Waals surface area (Å²) in [6.45, 7) is -0.132. The van der Waals surface area contributed by atoms with Crippen molar-refractivity contribution in [1.29, 1.82) is 0 Å². The minimum Gasteiger partial charge on any atom is -0.437 e. The Morgan fingerprint density at radius 1 is 1.03 bits per heavy atom. The highest BCUT2D eigenvalue weighted by Gasteiger charge is 2.37. The van der Waals surface area contributed by atoms with Crippen molar-refractivity contribution in [3.05, 3.63) is 83.2 Å². The lowest BCUT2D eigenvalue weighted by atomic mass is 9.85. The van der Waals surface area contributed by atoms with E-state index in [0.717, 1.165) is 27.8 Å². The number of aryl methyl sites for hydroxylation is 2. The van der Waals surface area contributed by atoms with Crippen LogP contribution in [0.25, 0.3) is 44.5 Å². The van der Waals surface area contributed by atoms with Gasteiger partial charge in [-0.1, -0.05) is 63.9 Å². The van der Waals surface area contributed by atoms with E-state index in [0.29, 0.717) is 22.1 Å². The van der Waals surface area contributed by atoms with Crippen molar-refractivity contribution in [2.75, 3.05) is 0 Å². The molecule has 0 amide bonds. The molecule has 0 saturated heterocycles. The molecule has 164 valence electrons. The van der Waals surface area contributed by atoms with Gasteiger partial charge in [0.25, 0.3) is 0 Å². The average Bonchev–Trinajstić information content (AvgIpc) is 3.35. The first kappa shape index (κ1) is 13.9. The van der Waals surface area contributed by atoms with Gasteiger partial charge in [-0.2, -0.15) is 0 Å². The van der Waals surface area contributed by atoms with Crippen molar-refractivity contribution in [3.8, 4) is 22.4 Å². The van der Waals surface area contributed by atoms with E-state index >= 15 is 0 Å². The Labute approximate surface area is 204 Å². The summed E-state index contributed by atoms with van der Waals surface area (Å²) in [6.07, 6.45) is 1.92. The summed E-state index contributed by atoms with van der Waals surface area (Å²) >= 11 is 0. The van der Waals surface area contributed by atoms with Crippen LogP contribution in [0.1, 0.15) is 65.4 Å². The Hall–Kier alpha value is -3.46. The Bertz CT molecular complexity index is 1830. The minimum atomic E-state index is -2.90. The highest BCUT2D eigenvalue weighted by Crippen LogP contribution is 2.49. The first-order valence-corrected chi connectivity index (χ1v) is 11.0. The number of pyridine rings is 2. The number of aromatic nitrogens is 2. The molecule has 6 rings (SSSR count). The smallest absolute Gasteiger partial charge is 0.227 e. The minimum absolute atomic E-state index is 0.0120. The fourth-order valence-electron chi connectivity index (χ4n) is 4.97. The lowest BCUT2D eigenvalue weighted by Crippen LogP contribution is -2.31. The monoisotopic (exact) mass is 440 g/mol. The van der Waals surface area contributed by atoms with E-state index in [-0.39, 0.29) is 17.0 Å². The van der Waals surface area contributed by atoms with E-state index < -0.39 is 25.0 Å². The molecule has 0 saturated carbocycles. The molecule has 1 aliphatic carbocycles. The molecule has 33 heavy (non-hydrogen) atoms. The zero-order valence-corrected chi connectivity index (χ0v) is 19.1. The first-order chi connectivity index (χ1) is 18.6. The zero-order chi connectivity index (χ0) is 29.0. The van der Waals surface area contributed by atoms with E-state index in [9.17, 15) is 0 Å². The quantitative estimate of drug-likeness (QED) is 0.271. The Morgan fingerprint density at radius 3 is 2.64 bits per heavy atom. The third kappa shape index (κ3) is 2.75. The van der Waals surface area contributed by atoms with Gasteiger partial charge in [-0.3, -0.25) is 0 Å². The molecule has 3 heteroatoms. The van der Waals surface area contributed by atoms with Crippen LogP contribution >= 0.6 is 0 Å². The standard InChI is InChI=1S/C30H29N2O/c1-17(2)19-13-14-32(6)25(15-19)26-18(3)11-12-21-23-16-22-20-9-7-8-10-24(20)30(4,5)28(22)31-29(23)33-27(21)26/h7-17H,1-6H3/q+1/i4D3,5D3,17D. The van der Waals surface area contributed by atoms with E-state index in [1.165, 1.54) is 0 Å². The van der Waals surface area contributed by atoms with Gasteiger partial charge in [0, 0.05) is 43.5 Å². The lowest BCUT2D eigenvalue weighted by molar-refractivity contribution is -0.660. The summed E-state index contributed by atoms with van der Waals surface area (Å²) in [7, 11) is 1.93. The summed E-state index contributed by atoms with van der Waals surface area (Å²) in [5.74, 6) is -0.803. The van der Waals surface area contributed by atoms with Crippen LogP contribution in [0.3, 0.4) is 0 Å². The molecular weight excluding hydrogens is 404 g/mol. The number of furan rings is 1. The van der Waals surface area contributed by atoms with Crippen LogP contribution < -0.4 is 4.57 Å². The van der Waals surface area contributed by atoms with Crippen molar-refractivity contribution in [2.45, 2.75) is 45.8 Å². The van der Waals surface area contributed by atoms with Gasteiger partial charge >= 0.3 is 0 Å². The molecule has 0 spiro atoms. The van der Waals surface area contributed by atoms with Gasteiger partial charge in [0.2, 0.25) is 11.4 Å². The third-order valence-corrected chi connectivity index (χ3v) is 6.80. The van der Waals surface area contributed by atoms with Crippen LogP contribution in [0.4, 0.5) is 0 Å². The van der Waals surface area contributed by atoms with Gasteiger partial charge in [-0.25, -0.2) is 9.55 Å². The van der Waals surface area contributed by atoms with Crippen LogP contribution in [0, 0.1) is 6.92 Å². The lowest BCUT2D eigenvalue weighted by Gasteiger charge is -2.19. The summed E-state index contributed by atoms with van der Waals surface area (Å²) in [5, 5.41) is 1.47. The second kappa shape index (κ2) is 6.77. The molecule has 2 aromatic carbocycles. The molecule has 0 aliphatic heterocycles. The summed E-state index contributed by atoms with van der Waals surface area (Å²) in [5.41, 5.74) is 3.23. The number of rotatable bonds is 2. The Morgan fingerprint density at radius 2 is 1.85 bits per heavy atom. The molecule has 3 heterocycles. The summed E-state index contributed by atoms with van der Waals surface area (Å²) < 4.78 is 67.7. The molecule has 5 aromatic rings. The fraction of sp³-hybridized carbons (Fsp3) is 0.267. The Balaban J connectivity index is 1.72. The first-order valence-electron chi connectivity index (χ1n) is 14.5. The zero-order valence-electron chi connectivity index (χ0n) is 26.1. The van der Waals surface area contributed by atoms with E-state index in [4.69, 9.17) is 19.0 Å². The molecule has 3 aromatic heterocycles. The number of nitrogens with zero attached hydrogens (tertiary/aromatic N) is 2. The maximum Gasteiger partial charge on any atom is 0.227 e. The van der Waals surface area contributed by atoms with Gasteiger partial charge in [0.05, 0.1) is 11.3 Å². The van der Waals surface area contributed by atoms with Crippen LogP contribution in [0.5, 0.6) is 0 Å². The number of fused-ring (bicyclic) bond motifs is 6. The predicted molar refractivity (Wildman–Crippen MR) is 135 cm³/mol. The van der Waals surface area contributed by atoms with Crippen molar-refractivity contribution in [1.82, 2.24) is 4.98 Å². The molecule has 0 N–H and O–H groups in total. The van der Waals surface area contributed by atoms with Crippen molar-refractivity contribution in [2.24, 2.45) is 7.05 Å². The Kier molecular flexibility index (Phi) is 2.86.